The van der Waals surface area contributed by atoms with Crippen molar-refractivity contribution in [1.82, 2.24) is 0 Å². The number of rotatable bonds is 15. The van der Waals surface area contributed by atoms with E-state index in [9.17, 15) is 15.3 Å². The summed E-state index contributed by atoms with van der Waals surface area (Å²) in [4.78, 5) is 0. The van der Waals surface area contributed by atoms with Crippen LogP contribution in [0.15, 0.2) is 12.2 Å². The molecule has 154 valence electrons. The Morgan fingerprint density at radius 1 is 0.923 bits per heavy atom. The van der Waals surface area contributed by atoms with Gasteiger partial charge in [0, 0.05) is 6.61 Å². The largest absolute Gasteiger partial charge is 0.394 e. The predicted molar refractivity (Wildman–Crippen MR) is 104 cm³/mol. The quantitative estimate of drug-likeness (QED) is 0.303. The van der Waals surface area contributed by atoms with Crippen molar-refractivity contribution < 1.29 is 24.8 Å². The summed E-state index contributed by atoms with van der Waals surface area (Å²) >= 11 is 0. The zero-order valence-corrected chi connectivity index (χ0v) is 16.5. The van der Waals surface area contributed by atoms with Gasteiger partial charge in [-0.1, -0.05) is 57.6 Å². The first-order valence-electron chi connectivity index (χ1n) is 10.6. The van der Waals surface area contributed by atoms with Crippen LogP contribution in [-0.4, -0.2) is 59.6 Å². The molecular formula is C21H40O5. The fourth-order valence-corrected chi connectivity index (χ4v) is 3.26. The second-order valence-corrected chi connectivity index (χ2v) is 7.32. The fraction of sp³-hybridized carbons (Fsp3) is 0.905. The highest BCUT2D eigenvalue weighted by molar-refractivity contribution is 4.87. The van der Waals surface area contributed by atoms with Crippen LogP contribution in [-0.2, 0) is 9.47 Å². The van der Waals surface area contributed by atoms with Gasteiger partial charge in [-0.25, -0.2) is 0 Å². The summed E-state index contributed by atoms with van der Waals surface area (Å²) in [5, 5.41) is 28.9. The van der Waals surface area contributed by atoms with Crippen molar-refractivity contribution in [2.45, 2.75) is 102 Å². The molecule has 0 radical (unpaired) electrons. The van der Waals surface area contributed by atoms with Gasteiger partial charge in [0.2, 0.25) is 0 Å². The molecule has 0 aromatic rings. The molecule has 0 saturated carbocycles. The van der Waals surface area contributed by atoms with Gasteiger partial charge in [-0.2, -0.15) is 0 Å². The first-order chi connectivity index (χ1) is 12.7. The topological polar surface area (TPSA) is 79.2 Å². The molecular weight excluding hydrogens is 332 g/mol. The monoisotopic (exact) mass is 372 g/mol. The molecule has 1 saturated heterocycles. The molecule has 1 aliphatic heterocycles. The van der Waals surface area contributed by atoms with Crippen molar-refractivity contribution >= 4 is 0 Å². The zero-order chi connectivity index (χ0) is 19.0. The maximum absolute atomic E-state index is 9.97. The molecule has 0 spiro atoms. The van der Waals surface area contributed by atoms with E-state index in [4.69, 9.17) is 9.47 Å². The Morgan fingerprint density at radius 2 is 1.54 bits per heavy atom. The van der Waals surface area contributed by atoms with E-state index in [1.54, 1.807) is 0 Å². The molecule has 0 aromatic carbocycles. The van der Waals surface area contributed by atoms with E-state index in [2.05, 4.69) is 19.1 Å². The average Bonchev–Trinajstić information content (AvgIpc) is 2.65. The van der Waals surface area contributed by atoms with Gasteiger partial charge in [0.25, 0.3) is 0 Å². The van der Waals surface area contributed by atoms with Gasteiger partial charge in [-0.3, -0.25) is 0 Å². The van der Waals surface area contributed by atoms with Crippen LogP contribution in [0, 0.1) is 0 Å². The second kappa shape index (κ2) is 15.6. The Hall–Kier alpha value is -0.460. The van der Waals surface area contributed by atoms with E-state index in [1.807, 2.05) is 0 Å². The molecule has 1 fully saturated rings. The molecule has 5 heteroatoms. The number of unbranched alkanes of at least 4 members (excludes halogenated alkanes) is 9. The standard InChI is InChI=1S/C21H40O5/c1-2-3-4-5-6-7-8-9-10-11-12-13-14-15-25-21-19(16-22)26-17-18(23)20(21)24/h10-11,18-24H,2-9,12-17H2,1H3/b11-10+/t18-,19+,20+,21+/m0/s1. The molecule has 1 aliphatic rings. The average molecular weight is 373 g/mol. The van der Waals surface area contributed by atoms with Crippen LogP contribution in [0.3, 0.4) is 0 Å². The lowest BCUT2D eigenvalue weighted by atomic mass is 10.0. The van der Waals surface area contributed by atoms with Gasteiger partial charge in [-0.15, -0.1) is 0 Å². The number of aliphatic hydroxyl groups excluding tert-OH is 3. The molecule has 0 bridgehead atoms. The third-order valence-electron chi connectivity index (χ3n) is 4.97. The van der Waals surface area contributed by atoms with Gasteiger partial charge in [0.1, 0.15) is 24.4 Å². The number of hydrogen-bond donors (Lipinski definition) is 3. The lowest BCUT2D eigenvalue weighted by Gasteiger charge is -2.37. The molecule has 0 unspecified atom stereocenters. The summed E-state index contributed by atoms with van der Waals surface area (Å²) in [5.41, 5.74) is 0. The highest BCUT2D eigenvalue weighted by atomic mass is 16.6. The summed E-state index contributed by atoms with van der Waals surface area (Å²) in [5.74, 6) is 0. The predicted octanol–water partition coefficient (Wildman–Crippen LogP) is 3.35. The summed E-state index contributed by atoms with van der Waals surface area (Å²) < 4.78 is 10.9. The highest BCUT2D eigenvalue weighted by Crippen LogP contribution is 2.19. The van der Waals surface area contributed by atoms with Gasteiger partial charge in [-0.05, 0) is 32.1 Å². The lowest BCUT2D eigenvalue weighted by molar-refractivity contribution is -0.211. The van der Waals surface area contributed by atoms with E-state index < -0.39 is 24.4 Å². The first kappa shape index (κ1) is 23.6. The molecule has 26 heavy (non-hydrogen) atoms. The van der Waals surface area contributed by atoms with Crippen LogP contribution < -0.4 is 0 Å². The van der Waals surface area contributed by atoms with Crippen molar-refractivity contribution in [2.24, 2.45) is 0 Å². The van der Waals surface area contributed by atoms with E-state index in [0.717, 1.165) is 19.3 Å². The second-order valence-electron chi connectivity index (χ2n) is 7.32. The smallest absolute Gasteiger partial charge is 0.114 e. The maximum Gasteiger partial charge on any atom is 0.114 e. The first-order valence-corrected chi connectivity index (χ1v) is 10.6. The van der Waals surface area contributed by atoms with Crippen molar-refractivity contribution in [2.75, 3.05) is 19.8 Å². The number of aliphatic hydroxyl groups is 3. The van der Waals surface area contributed by atoms with Crippen molar-refractivity contribution in [1.29, 1.82) is 0 Å². The van der Waals surface area contributed by atoms with E-state index in [1.165, 1.54) is 51.4 Å². The molecule has 5 nitrogen and oxygen atoms in total. The number of ether oxygens (including phenoxy) is 2. The Kier molecular flexibility index (Phi) is 14.1. The normalized spacial score (nSPS) is 26.6. The van der Waals surface area contributed by atoms with Gasteiger partial charge in [0.05, 0.1) is 13.2 Å². The summed E-state index contributed by atoms with van der Waals surface area (Å²) in [7, 11) is 0. The summed E-state index contributed by atoms with van der Waals surface area (Å²) in [6.07, 6.45) is 14.9. The SMILES string of the molecule is CCCCCCCCC/C=C/CCCCO[C@H]1[C@H](O)[C@@H](O)CO[C@@H]1CO. The maximum atomic E-state index is 9.97. The molecule has 3 N–H and O–H groups in total. The molecule has 1 rings (SSSR count). The van der Waals surface area contributed by atoms with Crippen molar-refractivity contribution in [3.63, 3.8) is 0 Å². The minimum atomic E-state index is -0.997. The molecule has 0 aromatic heterocycles. The third kappa shape index (κ3) is 10.0. The summed E-state index contributed by atoms with van der Waals surface area (Å²) in [6.45, 7) is 2.58. The van der Waals surface area contributed by atoms with E-state index in [0.29, 0.717) is 6.61 Å². The Bertz CT molecular complexity index is 345. The van der Waals surface area contributed by atoms with Crippen LogP contribution in [0.1, 0.15) is 77.6 Å². The van der Waals surface area contributed by atoms with Crippen molar-refractivity contribution in [3.05, 3.63) is 12.2 Å². The minimum absolute atomic E-state index is 0.0375. The van der Waals surface area contributed by atoms with Gasteiger partial charge < -0.3 is 24.8 Å². The number of allylic oxidation sites excluding steroid dienone is 2. The highest BCUT2D eigenvalue weighted by Gasteiger charge is 2.39. The third-order valence-corrected chi connectivity index (χ3v) is 4.97. The van der Waals surface area contributed by atoms with Gasteiger partial charge in [0.15, 0.2) is 0 Å². The molecule has 0 amide bonds. The Morgan fingerprint density at radius 3 is 2.19 bits per heavy atom. The fourth-order valence-electron chi connectivity index (χ4n) is 3.26. The van der Waals surface area contributed by atoms with Crippen LogP contribution >= 0.6 is 0 Å². The van der Waals surface area contributed by atoms with Crippen LogP contribution in [0.4, 0.5) is 0 Å². The Labute approximate surface area is 159 Å². The molecule has 1 heterocycles. The van der Waals surface area contributed by atoms with Crippen molar-refractivity contribution in [3.8, 4) is 0 Å². The molecule has 0 aliphatic carbocycles. The van der Waals surface area contributed by atoms with Crippen LogP contribution in [0.25, 0.3) is 0 Å². The van der Waals surface area contributed by atoms with Crippen LogP contribution in [0.2, 0.25) is 0 Å². The lowest BCUT2D eigenvalue weighted by Crippen LogP contribution is -2.55. The molecule has 4 atom stereocenters. The number of hydrogen-bond acceptors (Lipinski definition) is 5. The Balaban J connectivity index is 1.96. The minimum Gasteiger partial charge on any atom is -0.394 e. The van der Waals surface area contributed by atoms with Crippen LogP contribution in [0.5, 0.6) is 0 Å². The summed E-state index contributed by atoms with van der Waals surface area (Å²) in [6, 6.07) is 0. The van der Waals surface area contributed by atoms with Gasteiger partial charge >= 0.3 is 0 Å². The van der Waals surface area contributed by atoms with E-state index >= 15 is 0 Å². The zero-order valence-electron chi connectivity index (χ0n) is 16.5. The van der Waals surface area contributed by atoms with E-state index in [-0.39, 0.29) is 13.2 Å².